The van der Waals surface area contributed by atoms with Crippen molar-refractivity contribution in [2.75, 3.05) is 32.1 Å². The van der Waals surface area contributed by atoms with Crippen LogP contribution in [0.25, 0.3) is 0 Å². The Morgan fingerprint density at radius 1 is 1.37 bits per heavy atom. The molecular formula is C12H16F3N2O2+. The number of para-hydroxylation sites is 1. The smallest absolute Gasteiger partial charge is 0.379 e. The van der Waals surface area contributed by atoms with Crippen molar-refractivity contribution in [3.05, 3.63) is 29.8 Å². The highest BCUT2D eigenvalue weighted by molar-refractivity contribution is 5.92. The van der Waals surface area contributed by atoms with Gasteiger partial charge in [0.05, 0.1) is 24.4 Å². The van der Waals surface area contributed by atoms with Crippen molar-refractivity contribution in [1.29, 1.82) is 0 Å². The number of rotatable bonds is 6. The Hall–Kier alpha value is -1.60. The zero-order valence-electron chi connectivity index (χ0n) is 10.5. The maximum atomic E-state index is 12.7. The van der Waals surface area contributed by atoms with Crippen LogP contribution in [-0.2, 0) is 15.7 Å². The quantitative estimate of drug-likeness (QED) is 0.758. The molecule has 0 fully saturated rings. The lowest BCUT2D eigenvalue weighted by molar-refractivity contribution is -0.645. The van der Waals surface area contributed by atoms with E-state index in [0.717, 1.165) is 6.07 Å². The fourth-order valence-electron chi connectivity index (χ4n) is 1.47. The molecule has 0 spiro atoms. The number of amides is 1. The highest BCUT2D eigenvalue weighted by Gasteiger charge is 2.33. The Morgan fingerprint density at radius 3 is 2.68 bits per heavy atom. The molecule has 0 aliphatic carbocycles. The first-order chi connectivity index (χ1) is 8.95. The van der Waals surface area contributed by atoms with Crippen LogP contribution < -0.4 is 10.6 Å². The first kappa shape index (κ1) is 15.5. The van der Waals surface area contributed by atoms with E-state index in [2.05, 4.69) is 5.32 Å². The molecule has 0 aromatic heterocycles. The molecule has 0 saturated heterocycles. The second-order valence-corrected chi connectivity index (χ2v) is 3.87. The second-order valence-electron chi connectivity index (χ2n) is 3.87. The maximum Gasteiger partial charge on any atom is 0.418 e. The summed E-state index contributed by atoms with van der Waals surface area (Å²) in [7, 11) is 1.54. The molecule has 0 saturated carbocycles. The van der Waals surface area contributed by atoms with Crippen LogP contribution in [0.5, 0.6) is 0 Å². The van der Waals surface area contributed by atoms with Gasteiger partial charge in [-0.1, -0.05) is 12.1 Å². The number of halogens is 3. The van der Waals surface area contributed by atoms with Crippen LogP contribution in [0.2, 0.25) is 0 Å². The van der Waals surface area contributed by atoms with Gasteiger partial charge in [0.1, 0.15) is 0 Å². The van der Waals surface area contributed by atoms with Crippen LogP contribution in [0.3, 0.4) is 0 Å². The molecule has 0 aliphatic rings. The highest BCUT2D eigenvalue weighted by atomic mass is 19.4. The summed E-state index contributed by atoms with van der Waals surface area (Å²) in [6, 6.07) is 4.89. The Bertz CT molecular complexity index is 422. The molecule has 0 atom stereocenters. The largest absolute Gasteiger partial charge is 0.418 e. The van der Waals surface area contributed by atoms with Crippen LogP contribution in [0.1, 0.15) is 5.56 Å². The number of nitrogens with two attached hydrogens (primary N) is 1. The maximum absolute atomic E-state index is 12.7. The van der Waals surface area contributed by atoms with Gasteiger partial charge in [0, 0.05) is 7.11 Å². The van der Waals surface area contributed by atoms with E-state index in [1.54, 1.807) is 5.32 Å². The molecule has 7 heteroatoms. The van der Waals surface area contributed by atoms with E-state index in [1.165, 1.54) is 25.3 Å². The number of quaternary nitrogens is 1. The van der Waals surface area contributed by atoms with Crippen molar-refractivity contribution in [3.63, 3.8) is 0 Å². The van der Waals surface area contributed by atoms with E-state index in [9.17, 15) is 18.0 Å². The topological polar surface area (TPSA) is 54.9 Å². The zero-order chi connectivity index (χ0) is 14.3. The van der Waals surface area contributed by atoms with Crippen molar-refractivity contribution in [3.8, 4) is 0 Å². The number of hydrogen-bond acceptors (Lipinski definition) is 2. The molecule has 1 aromatic rings. The van der Waals surface area contributed by atoms with Gasteiger partial charge in [-0.15, -0.1) is 0 Å². The molecule has 3 N–H and O–H groups in total. The Labute approximate surface area is 108 Å². The van der Waals surface area contributed by atoms with Gasteiger partial charge in [0.2, 0.25) is 0 Å². The Morgan fingerprint density at radius 2 is 2.05 bits per heavy atom. The molecule has 0 heterocycles. The number of alkyl halides is 3. The lowest BCUT2D eigenvalue weighted by Crippen LogP contribution is -2.87. The average Bonchev–Trinajstić information content (AvgIpc) is 2.34. The lowest BCUT2D eigenvalue weighted by Gasteiger charge is -2.13. The minimum Gasteiger partial charge on any atom is -0.379 e. The molecule has 0 unspecified atom stereocenters. The lowest BCUT2D eigenvalue weighted by atomic mass is 10.1. The summed E-state index contributed by atoms with van der Waals surface area (Å²) in [5.74, 6) is -0.479. The summed E-state index contributed by atoms with van der Waals surface area (Å²) < 4.78 is 42.8. The van der Waals surface area contributed by atoms with Crippen LogP contribution in [-0.4, -0.2) is 32.7 Å². The number of nitrogens with one attached hydrogen (secondary N) is 1. The third-order valence-corrected chi connectivity index (χ3v) is 2.36. The Kier molecular flexibility index (Phi) is 5.78. The van der Waals surface area contributed by atoms with E-state index in [4.69, 9.17) is 4.74 Å². The predicted molar refractivity (Wildman–Crippen MR) is 63.6 cm³/mol. The first-order valence-corrected chi connectivity index (χ1v) is 5.72. The summed E-state index contributed by atoms with van der Waals surface area (Å²) in [6.07, 6.45) is -4.48. The van der Waals surface area contributed by atoms with Crippen molar-refractivity contribution in [2.24, 2.45) is 0 Å². The third kappa shape index (κ3) is 5.27. The van der Waals surface area contributed by atoms with E-state index in [1.807, 2.05) is 0 Å². The van der Waals surface area contributed by atoms with Gasteiger partial charge in [-0.2, -0.15) is 13.2 Å². The third-order valence-electron chi connectivity index (χ3n) is 2.36. The van der Waals surface area contributed by atoms with Crippen LogP contribution in [0.15, 0.2) is 24.3 Å². The highest BCUT2D eigenvalue weighted by Crippen LogP contribution is 2.34. The molecule has 1 aromatic carbocycles. The fraction of sp³-hybridized carbons (Fsp3) is 0.417. The van der Waals surface area contributed by atoms with E-state index in [-0.39, 0.29) is 12.2 Å². The number of anilines is 1. The van der Waals surface area contributed by atoms with Gasteiger partial charge >= 0.3 is 6.18 Å². The zero-order valence-corrected chi connectivity index (χ0v) is 10.5. The minimum atomic E-state index is -4.48. The second kappa shape index (κ2) is 7.10. The molecule has 106 valence electrons. The van der Waals surface area contributed by atoms with Crippen molar-refractivity contribution >= 4 is 11.6 Å². The minimum absolute atomic E-state index is 0.0511. The van der Waals surface area contributed by atoms with Gasteiger partial charge in [0.25, 0.3) is 5.91 Å². The summed E-state index contributed by atoms with van der Waals surface area (Å²) in [5.41, 5.74) is -1.07. The summed E-state index contributed by atoms with van der Waals surface area (Å²) in [6.45, 7) is 1.10. The van der Waals surface area contributed by atoms with Gasteiger partial charge in [0.15, 0.2) is 6.54 Å². The predicted octanol–water partition coefficient (Wildman–Crippen LogP) is 0.854. The van der Waals surface area contributed by atoms with Gasteiger partial charge < -0.3 is 15.4 Å². The first-order valence-electron chi connectivity index (χ1n) is 5.72. The van der Waals surface area contributed by atoms with Gasteiger partial charge in [-0.3, -0.25) is 4.79 Å². The molecule has 1 amide bonds. The molecule has 1 rings (SSSR count). The number of carbonyl (C=O) groups excluding carboxylic acids is 1. The number of carbonyl (C=O) groups is 1. The molecule has 19 heavy (non-hydrogen) atoms. The molecule has 0 aliphatic heterocycles. The summed E-state index contributed by atoms with van der Waals surface area (Å²) in [5, 5.41) is 3.92. The summed E-state index contributed by atoms with van der Waals surface area (Å²) >= 11 is 0. The molecular weight excluding hydrogens is 261 g/mol. The van der Waals surface area contributed by atoms with Crippen LogP contribution in [0.4, 0.5) is 18.9 Å². The SMILES string of the molecule is COCC[NH2+]CC(=O)Nc1ccccc1C(F)(F)F. The monoisotopic (exact) mass is 277 g/mol. The van der Waals surface area contributed by atoms with Crippen LogP contribution >= 0.6 is 0 Å². The fourth-order valence-corrected chi connectivity index (χ4v) is 1.47. The molecule has 0 radical (unpaired) electrons. The number of methoxy groups -OCH3 is 1. The van der Waals surface area contributed by atoms with E-state index >= 15 is 0 Å². The van der Waals surface area contributed by atoms with E-state index < -0.39 is 17.6 Å². The average molecular weight is 277 g/mol. The van der Waals surface area contributed by atoms with Gasteiger partial charge in [-0.05, 0) is 12.1 Å². The van der Waals surface area contributed by atoms with Crippen molar-refractivity contribution < 1.29 is 28.0 Å². The number of benzene rings is 1. The number of ether oxygens (including phenoxy) is 1. The Balaban J connectivity index is 2.59. The summed E-state index contributed by atoms with van der Waals surface area (Å²) in [4.78, 5) is 11.5. The normalized spacial score (nSPS) is 11.4. The molecule has 0 bridgehead atoms. The van der Waals surface area contributed by atoms with Crippen LogP contribution in [0, 0.1) is 0 Å². The van der Waals surface area contributed by atoms with E-state index in [0.29, 0.717) is 13.2 Å². The standard InChI is InChI=1S/C12H15F3N2O2/c1-19-7-6-16-8-11(18)17-10-5-3-2-4-9(10)12(13,14)15/h2-5,16H,6-8H2,1H3,(H,17,18)/p+1. The number of hydrogen-bond donors (Lipinski definition) is 2. The van der Waals surface area contributed by atoms with Gasteiger partial charge in [-0.25, -0.2) is 0 Å². The van der Waals surface area contributed by atoms with Crippen molar-refractivity contribution in [2.45, 2.75) is 6.18 Å². The van der Waals surface area contributed by atoms with Crippen molar-refractivity contribution in [1.82, 2.24) is 0 Å². The molecule has 4 nitrogen and oxygen atoms in total.